The van der Waals surface area contributed by atoms with Crippen LogP contribution in [0, 0.1) is 13.8 Å². The Bertz CT molecular complexity index is 1610. The van der Waals surface area contributed by atoms with Crippen molar-refractivity contribution in [3.05, 3.63) is 124 Å². The number of methoxy groups -OCH3 is 1. The molecular formula is C34H38N2O4S. The minimum absolute atomic E-state index is 0.0756. The fourth-order valence-electron chi connectivity index (χ4n) is 4.93. The standard InChI is InChI=1S/C34H38N2O4S/c1-23(2)30-21-31(25(4)20-33(30)40-6)26(5)35-34(37)29-14-10-11-15-32(29)36(22-27-12-8-7-9-13-27)41(38,39)28-18-16-24(3)17-19-28/h7-21,23,26H,22H2,1-6H3,(H,35,37). The first-order valence-electron chi connectivity index (χ1n) is 13.7. The largest absolute Gasteiger partial charge is 0.496 e. The molecule has 0 radical (unpaired) electrons. The molecule has 0 aliphatic rings. The Morgan fingerprint density at radius 3 is 2.12 bits per heavy atom. The molecule has 0 bridgehead atoms. The smallest absolute Gasteiger partial charge is 0.264 e. The van der Waals surface area contributed by atoms with Crippen LogP contribution >= 0.6 is 0 Å². The third-order valence-corrected chi connectivity index (χ3v) is 9.02. The number of amides is 1. The highest BCUT2D eigenvalue weighted by Crippen LogP contribution is 2.33. The maximum Gasteiger partial charge on any atom is 0.264 e. The summed E-state index contributed by atoms with van der Waals surface area (Å²) < 4.78 is 35.0. The first-order valence-corrected chi connectivity index (χ1v) is 15.2. The number of carbonyl (C=O) groups is 1. The molecule has 4 aromatic rings. The van der Waals surface area contributed by atoms with E-state index in [1.807, 2.05) is 57.2 Å². The van der Waals surface area contributed by atoms with E-state index in [9.17, 15) is 13.2 Å². The molecule has 0 fully saturated rings. The Labute approximate surface area is 244 Å². The average molecular weight is 571 g/mol. The number of carbonyl (C=O) groups excluding carboxylic acids is 1. The molecule has 0 saturated carbocycles. The average Bonchev–Trinajstić information content (AvgIpc) is 2.96. The number of hydrogen-bond donors (Lipinski definition) is 1. The number of sulfonamides is 1. The zero-order valence-electron chi connectivity index (χ0n) is 24.5. The number of anilines is 1. The maximum atomic E-state index is 14.1. The lowest BCUT2D eigenvalue weighted by Gasteiger charge is -2.27. The van der Waals surface area contributed by atoms with Crippen molar-refractivity contribution >= 4 is 21.6 Å². The monoisotopic (exact) mass is 570 g/mol. The number of aryl methyl sites for hydroxylation is 2. The molecule has 1 atom stereocenters. The minimum Gasteiger partial charge on any atom is -0.496 e. The number of benzene rings is 4. The third-order valence-electron chi connectivity index (χ3n) is 7.25. The summed E-state index contributed by atoms with van der Waals surface area (Å²) >= 11 is 0. The fraction of sp³-hybridized carbons (Fsp3) is 0.265. The molecule has 1 N–H and O–H groups in total. The predicted octanol–water partition coefficient (Wildman–Crippen LogP) is 7.32. The minimum atomic E-state index is -4.00. The number of nitrogens with one attached hydrogen (secondary N) is 1. The zero-order valence-corrected chi connectivity index (χ0v) is 25.3. The normalized spacial score (nSPS) is 12.2. The van der Waals surface area contributed by atoms with Crippen LogP contribution in [0.1, 0.15) is 70.9 Å². The molecule has 1 amide bonds. The number of hydrogen-bond acceptors (Lipinski definition) is 4. The molecular weight excluding hydrogens is 532 g/mol. The molecule has 0 saturated heterocycles. The Morgan fingerprint density at radius 2 is 1.49 bits per heavy atom. The summed E-state index contributed by atoms with van der Waals surface area (Å²) in [7, 11) is -2.33. The maximum absolute atomic E-state index is 14.1. The van der Waals surface area contributed by atoms with Crippen molar-refractivity contribution in [3.63, 3.8) is 0 Å². The van der Waals surface area contributed by atoms with Crippen LogP contribution in [-0.4, -0.2) is 21.4 Å². The van der Waals surface area contributed by atoms with Crippen molar-refractivity contribution in [2.75, 3.05) is 11.4 Å². The van der Waals surface area contributed by atoms with E-state index >= 15 is 0 Å². The first kappa shape index (κ1) is 29.9. The fourth-order valence-corrected chi connectivity index (χ4v) is 6.40. The third kappa shape index (κ3) is 6.63. The van der Waals surface area contributed by atoms with Crippen LogP contribution in [0.2, 0.25) is 0 Å². The van der Waals surface area contributed by atoms with Crippen molar-refractivity contribution in [1.82, 2.24) is 5.32 Å². The molecule has 4 aromatic carbocycles. The molecule has 0 aliphatic heterocycles. The second-order valence-electron chi connectivity index (χ2n) is 10.6. The van der Waals surface area contributed by atoms with Gasteiger partial charge in [-0.15, -0.1) is 0 Å². The highest BCUT2D eigenvalue weighted by Gasteiger charge is 2.29. The van der Waals surface area contributed by atoms with Gasteiger partial charge in [-0.25, -0.2) is 8.42 Å². The van der Waals surface area contributed by atoms with E-state index < -0.39 is 10.0 Å². The zero-order chi connectivity index (χ0) is 29.7. The van der Waals surface area contributed by atoms with Crippen LogP contribution in [0.15, 0.2) is 95.9 Å². The van der Waals surface area contributed by atoms with Gasteiger partial charge in [0.2, 0.25) is 0 Å². The van der Waals surface area contributed by atoms with Crippen LogP contribution in [-0.2, 0) is 16.6 Å². The van der Waals surface area contributed by atoms with Gasteiger partial charge in [-0.3, -0.25) is 9.10 Å². The van der Waals surface area contributed by atoms with Crippen molar-refractivity contribution < 1.29 is 17.9 Å². The Hall–Kier alpha value is -4.10. The molecule has 0 aliphatic carbocycles. The summed E-state index contributed by atoms with van der Waals surface area (Å²) in [5, 5.41) is 3.11. The topological polar surface area (TPSA) is 75.7 Å². The second-order valence-corrected chi connectivity index (χ2v) is 12.5. The van der Waals surface area contributed by atoms with Crippen LogP contribution in [0.3, 0.4) is 0 Å². The van der Waals surface area contributed by atoms with Crippen molar-refractivity contribution in [2.45, 2.75) is 58.0 Å². The van der Waals surface area contributed by atoms with Crippen LogP contribution in [0.25, 0.3) is 0 Å². The Balaban J connectivity index is 1.74. The lowest BCUT2D eigenvalue weighted by Crippen LogP contribution is -2.34. The molecule has 4 rings (SSSR count). The van der Waals surface area contributed by atoms with Gasteiger partial charge in [-0.1, -0.05) is 74.0 Å². The summed E-state index contributed by atoms with van der Waals surface area (Å²) in [6.45, 7) is 10.1. The van der Waals surface area contributed by atoms with Gasteiger partial charge in [0.05, 0.1) is 35.8 Å². The van der Waals surface area contributed by atoms with Gasteiger partial charge in [0.15, 0.2) is 0 Å². The lowest BCUT2D eigenvalue weighted by molar-refractivity contribution is 0.0940. The predicted molar refractivity (Wildman–Crippen MR) is 165 cm³/mol. The summed E-state index contributed by atoms with van der Waals surface area (Å²) in [6.07, 6.45) is 0. The Kier molecular flexibility index (Phi) is 9.18. The molecule has 7 heteroatoms. The summed E-state index contributed by atoms with van der Waals surface area (Å²) in [4.78, 5) is 14.0. The van der Waals surface area contributed by atoms with Crippen molar-refractivity contribution in [2.24, 2.45) is 0 Å². The molecule has 6 nitrogen and oxygen atoms in total. The van der Waals surface area contributed by atoms with Crippen LogP contribution in [0.5, 0.6) is 5.75 Å². The van der Waals surface area contributed by atoms with E-state index in [-0.39, 0.29) is 34.9 Å². The summed E-state index contributed by atoms with van der Waals surface area (Å²) in [6, 6.07) is 26.7. The Morgan fingerprint density at radius 1 is 0.854 bits per heavy atom. The highest BCUT2D eigenvalue weighted by molar-refractivity contribution is 7.92. The van der Waals surface area contributed by atoms with Crippen molar-refractivity contribution in [3.8, 4) is 5.75 Å². The van der Waals surface area contributed by atoms with Gasteiger partial charge in [-0.05, 0) is 85.3 Å². The van der Waals surface area contributed by atoms with E-state index in [0.717, 1.165) is 33.6 Å². The molecule has 214 valence electrons. The van der Waals surface area contributed by atoms with Gasteiger partial charge in [0.1, 0.15) is 5.75 Å². The number of para-hydroxylation sites is 1. The molecule has 1 unspecified atom stereocenters. The molecule has 0 heterocycles. The number of nitrogens with zero attached hydrogens (tertiary/aromatic N) is 1. The first-order chi connectivity index (χ1) is 19.5. The van der Waals surface area contributed by atoms with Crippen LogP contribution in [0.4, 0.5) is 5.69 Å². The van der Waals surface area contributed by atoms with E-state index in [4.69, 9.17) is 4.74 Å². The van der Waals surface area contributed by atoms with Gasteiger partial charge >= 0.3 is 0 Å². The van der Waals surface area contributed by atoms with E-state index in [2.05, 4.69) is 25.2 Å². The lowest BCUT2D eigenvalue weighted by atomic mass is 9.93. The van der Waals surface area contributed by atoms with Gasteiger partial charge in [-0.2, -0.15) is 0 Å². The quantitative estimate of drug-likeness (QED) is 0.217. The summed E-state index contributed by atoms with van der Waals surface area (Å²) in [5.41, 5.74) is 5.40. The van der Waals surface area contributed by atoms with E-state index in [0.29, 0.717) is 5.69 Å². The highest BCUT2D eigenvalue weighted by atomic mass is 32.2. The molecule has 41 heavy (non-hydrogen) atoms. The van der Waals surface area contributed by atoms with Crippen molar-refractivity contribution in [1.29, 1.82) is 0 Å². The molecule has 0 aromatic heterocycles. The summed E-state index contributed by atoms with van der Waals surface area (Å²) in [5.74, 6) is 0.709. The number of rotatable bonds is 10. The van der Waals surface area contributed by atoms with E-state index in [1.165, 1.54) is 4.31 Å². The van der Waals surface area contributed by atoms with Gasteiger partial charge in [0, 0.05) is 0 Å². The van der Waals surface area contributed by atoms with Gasteiger partial charge in [0.25, 0.3) is 15.9 Å². The molecule has 0 spiro atoms. The van der Waals surface area contributed by atoms with Gasteiger partial charge < -0.3 is 10.1 Å². The van der Waals surface area contributed by atoms with E-state index in [1.54, 1.807) is 55.6 Å². The SMILES string of the molecule is COc1cc(C)c(C(C)NC(=O)c2ccccc2N(Cc2ccccc2)S(=O)(=O)c2ccc(C)cc2)cc1C(C)C. The number of ether oxygens (including phenoxy) is 1. The second kappa shape index (κ2) is 12.6. The van der Waals surface area contributed by atoms with Crippen LogP contribution < -0.4 is 14.4 Å².